The minimum Gasteiger partial charge on any atom is -0.494 e. The zero-order valence-corrected chi connectivity index (χ0v) is 25.5. The molecule has 5 rings (SSSR count). The number of ether oxygens (including phenoxy) is 4. The number of benzene rings is 2. The van der Waals surface area contributed by atoms with Gasteiger partial charge in [-0.15, -0.1) is 0 Å². The van der Waals surface area contributed by atoms with Crippen molar-refractivity contribution in [2.45, 2.75) is 107 Å². The number of hydrogen-bond donors (Lipinski definition) is 1. The molecule has 3 aliphatic rings. The molecular formula is C32H43IN2O5. The van der Waals surface area contributed by atoms with Gasteiger partial charge in [0, 0.05) is 9.99 Å². The van der Waals surface area contributed by atoms with Crippen LogP contribution >= 0.6 is 22.6 Å². The van der Waals surface area contributed by atoms with Crippen molar-refractivity contribution in [3.8, 4) is 5.75 Å². The second kappa shape index (κ2) is 15.0. The Balaban J connectivity index is 0.921. The molecule has 1 N–H and O–H groups in total. The Morgan fingerprint density at radius 2 is 1.60 bits per heavy atom. The van der Waals surface area contributed by atoms with Gasteiger partial charge in [0.15, 0.2) is 0 Å². The second-order valence-electron chi connectivity index (χ2n) is 11.3. The highest BCUT2D eigenvalue weighted by atomic mass is 127. The van der Waals surface area contributed by atoms with Crippen molar-refractivity contribution < 1.29 is 24.1 Å². The lowest BCUT2D eigenvalue weighted by Gasteiger charge is -2.24. The van der Waals surface area contributed by atoms with Crippen LogP contribution in [0.5, 0.6) is 5.75 Å². The van der Waals surface area contributed by atoms with Gasteiger partial charge < -0.3 is 24.1 Å². The van der Waals surface area contributed by atoms with E-state index in [0.29, 0.717) is 19.8 Å². The summed E-state index contributed by atoms with van der Waals surface area (Å²) in [6.07, 6.45) is 10.6. The van der Waals surface area contributed by atoms with Crippen molar-refractivity contribution in [3.05, 3.63) is 63.7 Å². The summed E-state index contributed by atoms with van der Waals surface area (Å²) in [5.41, 5.74) is 0.857. The maximum absolute atomic E-state index is 10.7. The lowest BCUT2D eigenvalue weighted by molar-refractivity contribution is -0.102. The Labute approximate surface area is 252 Å². The first-order valence-corrected chi connectivity index (χ1v) is 16.1. The quantitative estimate of drug-likeness (QED) is 0.148. The predicted octanol–water partition coefficient (Wildman–Crippen LogP) is 6.89. The molecule has 0 saturated carbocycles. The summed E-state index contributed by atoms with van der Waals surface area (Å²) in [6, 6.07) is 18.7. The first-order chi connectivity index (χ1) is 19.6. The molecule has 0 unspecified atom stereocenters. The van der Waals surface area contributed by atoms with Crippen LogP contribution in [-0.4, -0.2) is 61.1 Å². The van der Waals surface area contributed by atoms with Crippen LogP contribution in [0.1, 0.15) is 69.8 Å². The maximum atomic E-state index is 10.7. The number of aryl methyl sites for hydroxylation is 1. The van der Waals surface area contributed by atoms with Crippen LogP contribution in [0, 0.1) is 3.57 Å². The molecule has 0 amide bonds. The average molecular weight is 663 g/mol. The Morgan fingerprint density at radius 3 is 2.40 bits per heavy atom. The number of hydrogen-bond acceptors (Lipinski definition) is 7. The number of halogens is 1. The van der Waals surface area contributed by atoms with Gasteiger partial charge in [-0.3, -0.25) is 0 Å². The normalized spacial score (nSPS) is 25.8. The molecule has 0 aliphatic carbocycles. The first-order valence-electron chi connectivity index (χ1n) is 15.0. The number of rotatable bonds is 17. The molecule has 5 atom stereocenters. The van der Waals surface area contributed by atoms with E-state index in [1.165, 1.54) is 22.0 Å². The zero-order chi connectivity index (χ0) is 27.6. The third-order valence-electron chi connectivity index (χ3n) is 8.24. The van der Waals surface area contributed by atoms with E-state index >= 15 is 0 Å². The Morgan fingerprint density at radius 1 is 0.850 bits per heavy atom. The average Bonchev–Trinajstić information content (AvgIpc) is 3.35. The SMILES string of the molecule is O[C@H](CCCCCCc1ccccc1)[C@H]1CC[C@H]([C@H]2CC[C@H](C3(COCCCOc4ccc(I)cc4)N=N3)O2)O1. The lowest BCUT2D eigenvalue weighted by Crippen LogP contribution is -2.37. The fourth-order valence-electron chi connectivity index (χ4n) is 5.84. The number of aliphatic hydroxyl groups excluding tert-OH is 1. The predicted molar refractivity (Wildman–Crippen MR) is 163 cm³/mol. The highest BCUT2D eigenvalue weighted by molar-refractivity contribution is 14.1. The summed E-state index contributed by atoms with van der Waals surface area (Å²) in [5.74, 6) is 0.882. The van der Waals surface area contributed by atoms with Crippen LogP contribution in [0.25, 0.3) is 0 Å². The van der Waals surface area contributed by atoms with Crippen molar-refractivity contribution >= 4 is 22.6 Å². The molecule has 3 heterocycles. The molecule has 2 fully saturated rings. The molecule has 0 spiro atoms. The van der Waals surface area contributed by atoms with Gasteiger partial charge in [0.1, 0.15) is 11.9 Å². The molecule has 0 radical (unpaired) electrons. The number of unbranched alkanes of at least 4 members (excludes halogenated alkanes) is 3. The minimum absolute atomic E-state index is 0.0467. The Hall–Kier alpha value is -1.59. The summed E-state index contributed by atoms with van der Waals surface area (Å²) in [7, 11) is 0. The van der Waals surface area contributed by atoms with E-state index in [0.717, 1.165) is 63.5 Å². The smallest absolute Gasteiger partial charge is 0.239 e. The van der Waals surface area contributed by atoms with Gasteiger partial charge in [-0.1, -0.05) is 49.6 Å². The van der Waals surface area contributed by atoms with Crippen LogP contribution in [0.4, 0.5) is 0 Å². The topological polar surface area (TPSA) is 81.9 Å². The van der Waals surface area contributed by atoms with Crippen LogP contribution in [0.15, 0.2) is 64.8 Å². The van der Waals surface area contributed by atoms with Gasteiger partial charge in [0.25, 0.3) is 0 Å². The van der Waals surface area contributed by atoms with E-state index in [9.17, 15) is 5.11 Å². The number of nitrogens with zero attached hydrogens (tertiary/aromatic N) is 2. The van der Waals surface area contributed by atoms with E-state index in [1.807, 2.05) is 24.3 Å². The van der Waals surface area contributed by atoms with Gasteiger partial charge in [-0.2, -0.15) is 10.2 Å². The number of aliphatic hydroxyl groups is 1. The van der Waals surface area contributed by atoms with Gasteiger partial charge in [0.2, 0.25) is 5.66 Å². The fraction of sp³-hybridized carbons (Fsp3) is 0.625. The summed E-state index contributed by atoms with van der Waals surface area (Å²) < 4.78 is 25.6. The van der Waals surface area contributed by atoms with Crippen molar-refractivity contribution in [2.24, 2.45) is 10.2 Å². The highest BCUT2D eigenvalue weighted by Gasteiger charge is 2.54. The first kappa shape index (κ1) is 29.9. The molecule has 3 aliphatic heterocycles. The standard InChI is InChI=1S/C32H43IN2O5/c33-25-13-15-26(16-14-25)38-22-8-21-37-23-32(34-35-32)31-20-19-30(40-31)29-18-17-28(39-29)27(36)12-7-2-1-4-9-24-10-5-3-6-11-24/h3,5-6,10-11,13-16,27-31,36H,1-2,4,7-9,12,17-23H2/t27-,28-,29-,30-,31-/m1/s1. The Kier molecular flexibility index (Phi) is 11.2. The van der Waals surface area contributed by atoms with Crippen molar-refractivity contribution in [3.63, 3.8) is 0 Å². The minimum atomic E-state index is -0.552. The second-order valence-corrected chi connectivity index (χ2v) is 12.6. The van der Waals surface area contributed by atoms with Gasteiger partial charge in [-0.05, 0) is 97.4 Å². The molecule has 218 valence electrons. The molecule has 0 aromatic heterocycles. The van der Waals surface area contributed by atoms with Gasteiger partial charge in [-0.25, -0.2) is 0 Å². The molecule has 2 aromatic carbocycles. The van der Waals surface area contributed by atoms with Crippen LogP contribution in [0.2, 0.25) is 0 Å². The Bertz CT molecular complexity index is 1050. The van der Waals surface area contributed by atoms with E-state index < -0.39 is 5.66 Å². The van der Waals surface area contributed by atoms with E-state index in [-0.39, 0.29) is 30.5 Å². The summed E-state index contributed by atoms with van der Waals surface area (Å²) in [6.45, 7) is 1.67. The molecule has 40 heavy (non-hydrogen) atoms. The zero-order valence-electron chi connectivity index (χ0n) is 23.3. The van der Waals surface area contributed by atoms with Crippen molar-refractivity contribution in [1.29, 1.82) is 0 Å². The molecular weight excluding hydrogens is 619 g/mol. The van der Waals surface area contributed by atoms with Gasteiger partial charge in [0.05, 0.1) is 44.2 Å². The van der Waals surface area contributed by atoms with E-state index in [1.54, 1.807) is 0 Å². The third-order valence-corrected chi connectivity index (χ3v) is 8.96. The highest BCUT2D eigenvalue weighted by Crippen LogP contribution is 2.43. The lowest BCUT2D eigenvalue weighted by atomic mass is 10.0. The summed E-state index contributed by atoms with van der Waals surface area (Å²) in [4.78, 5) is 0. The van der Waals surface area contributed by atoms with Crippen LogP contribution in [-0.2, 0) is 20.6 Å². The maximum Gasteiger partial charge on any atom is 0.239 e. The molecule has 0 bridgehead atoms. The van der Waals surface area contributed by atoms with E-state index in [2.05, 4.69) is 63.2 Å². The fourth-order valence-corrected chi connectivity index (χ4v) is 6.20. The molecule has 2 aromatic rings. The van der Waals surface area contributed by atoms with E-state index in [4.69, 9.17) is 18.9 Å². The van der Waals surface area contributed by atoms with Crippen LogP contribution in [0.3, 0.4) is 0 Å². The molecule has 2 saturated heterocycles. The van der Waals surface area contributed by atoms with Crippen LogP contribution < -0.4 is 4.74 Å². The van der Waals surface area contributed by atoms with Crippen molar-refractivity contribution in [2.75, 3.05) is 19.8 Å². The summed E-state index contributed by atoms with van der Waals surface area (Å²) in [5, 5.41) is 19.4. The third kappa shape index (κ3) is 8.71. The molecule has 8 heteroatoms. The van der Waals surface area contributed by atoms with Crippen molar-refractivity contribution in [1.82, 2.24) is 0 Å². The van der Waals surface area contributed by atoms with Gasteiger partial charge >= 0.3 is 0 Å². The largest absolute Gasteiger partial charge is 0.494 e. The molecule has 7 nitrogen and oxygen atoms in total. The monoisotopic (exact) mass is 662 g/mol. The summed E-state index contributed by atoms with van der Waals surface area (Å²) >= 11 is 2.28.